The molecule has 0 aliphatic heterocycles. The van der Waals surface area contributed by atoms with Gasteiger partial charge in [-0.1, -0.05) is 60.7 Å². The molecule has 0 spiro atoms. The van der Waals surface area contributed by atoms with E-state index in [0.717, 1.165) is 10.4 Å². The summed E-state index contributed by atoms with van der Waals surface area (Å²) in [7, 11) is 0. The summed E-state index contributed by atoms with van der Waals surface area (Å²) >= 11 is 1.62. The van der Waals surface area contributed by atoms with Crippen LogP contribution in [0.5, 0.6) is 0 Å². The molecule has 1 unspecified atom stereocenters. The van der Waals surface area contributed by atoms with Crippen LogP contribution >= 0.6 is 11.3 Å². The summed E-state index contributed by atoms with van der Waals surface area (Å²) in [6.07, 6.45) is 1.91. The van der Waals surface area contributed by atoms with Gasteiger partial charge in [0.15, 0.2) is 0 Å². The summed E-state index contributed by atoms with van der Waals surface area (Å²) in [6, 6.07) is 22.2. The summed E-state index contributed by atoms with van der Waals surface area (Å²) in [5, 5.41) is 5.03. The molecule has 29 heavy (non-hydrogen) atoms. The fourth-order valence-corrected chi connectivity index (χ4v) is 3.79. The fourth-order valence-electron chi connectivity index (χ4n) is 3.07. The lowest BCUT2D eigenvalue weighted by Gasteiger charge is -2.25. The predicted molar refractivity (Wildman–Crippen MR) is 118 cm³/mol. The van der Waals surface area contributed by atoms with Gasteiger partial charge in [-0.25, -0.2) is 0 Å². The molecule has 1 heterocycles. The monoisotopic (exact) mass is 404 g/mol. The van der Waals surface area contributed by atoms with Gasteiger partial charge in [-0.3, -0.25) is 9.59 Å². The smallest absolute Gasteiger partial charge is 0.251 e. The molecule has 5 heteroatoms. The minimum Gasteiger partial charge on any atom is -0.345 e. The van der Waals surface area contributed by atoms with Gasteiger partial charge in [-0.15, -0.1) is 17.9 Å². The van der Waals surface area contributed by atoms with Crippen LogP contribution in [0.2, 0.25) is 0 Å². The Bertz CT molecular complexity index is 924. The van der Waals surface area contributed by atoms with Crippen LogP contribution in [0.4, 0.5) is 0 Å². The van der Waals surface area contributed by atoms with E-state index < -0.39 is 6.04 Å². The van der Waals surface area contributed by atoms with Crippen molar-refractivity contribution in [2.45, 2.75) is 19.0 Å². The van der Waals surface area contributed by atoms with Gasteiger partial charge in [0.25, 0.3) is 5.91 Å². The van der Waals surface area contributed by atoms with Crippen LogP contribution in [-0.4, -0.2) is 23.3 Å². The maximum Gasteiger partial charge on any atom is 0.251 e. The van der Waals surface area contributed by atoms with E-state index in [0.29, 0.717) is 18.7 Å². The standard InChI is InChI=1S/C24H24N2O2S/c1-2-15-26(18-21-14-9-16-29-21)23(27)17-22(19-10-5-3-6-11-19)25-24(28)20-12-7-4-8-13-20/h2-14,16,22H,1,15,17-18H2,(H,25,28). The molecule has 3 rings (SSSR count). The molecule has 1 N–H and O–H groups in total. The van der Waals surface area contributed by atoms with Gasteiger partial charge in [0.05, 0.1) is 19.0 Å². The average Bonchev–Trinajstić information content (AvgIpc) is 3.27. The van der Waals surface area contributed by atoms with Crippen LogP contribution in [0.25, 0.3) is 0 Å². The molecule has 1 atom stereocenters. The number of rotatable bonds is 9. The Morgan fingerprint density at radius 1 is 1.00 bits per heavy atom. The number of benzene rings is 2. The number of thiophene rings is 1. The first kappa shape index (κ1) is 20.6. The molecule has 4 nitrogen and oxygen atoms in total. The summed E-state index contributed by atoms with van der Waals surface area (Å²) < 4.78 is 0. The van der Waals surface area contributed by atoms with Gasteiger partial charge in [0.1, 0.15) is 0 Å². The van der Waals surface area contributed by atoms with Crippen LogP contribution in [0.3, 0.4) is 0 Å². The molecule has 148 valence electrons. The topological polar surface area (TPSA) is 49.4 Å². The summed E-state index contributed by atoms with van der Waals surface area (Å²) in [6.45, 7) is 4.78. The van der Waals surface area contributed by atoms with Gasteiger partial charge < -0.3 is 10.2 Å². The number of hydrogen-bond acceptors (Lipinski definition) is 3. The maximum atomic E-state index is 13.1. The second-order valence-corrected chi connectivity index (χ2v) is 7.68. The van der Waals surface area contributed by atoms with E-state index in [1.54, 1.807) is 34.4 Å². The van der Waals surface area contributed by atoms with Crippen molar-refractivity contribution >= 4 is 23.2 Å². The van der Waals surface area contributed by atoms with Crippen molar-refractivity contribution in [3.8, 4) is 0 Å². The van der Waals surface area contributed by atoms with E-state index in [4.69, 9.17) is 0 Å². The minimum absolute atomic E-state index is 0.0273. The molecular weight excluding hydrogens is 380 g/mol. The highest BCUT2D eigenvalue weighted by Crippen LogP contribution is 2.20. The number of amides is 2. The maximum absolute atomic E-state index is 13.1. The summed E-state index contributed by atoms with van der Waals surface area (Å²) in [4.78, 5) is 28.7. The highest BCUT2D eigenvalue weighted by Gasteiger charge is 2.22. The molecule has 0 saturated carbocycles. The van der Waals surface area contributed by atoms with Crippen LogP contribution in [0.1, 0.15) is 33.3 Å². The lowest BCUT2D eigenvalue weighted by Crippen LogP contribution is -2.36. The summed E-state index contributed by atoms with van der Waals surface area (Å²) in [5.74, 6) is -0.221. The number of carbonyl (C=O) groups excluding carboxylic acids is 2. The number of nitrogens with one attached hydrogen (secondary N) is 1. The van der Waals surface area contributed by atoms with E-state index >= 15 is 0 Å². The Balaban J connectivity index is 1.77. The Morgan fingerprint density at radius 2 is 1.69 bits per heavy atom. The third kappa shape index (κ3) is 5.90. The highest BCUT2D eigenvalue weighted by atomic mass is 32.1. The molecule has 1 aromatic heterocycles. The first-order valence-electron chi connectivity index (χ1n) is 9.49. The predicted octanol–water partition coefficient (Wildman–Crippen LogP) is 4.82. The summed E-state index contributed by atoms with van der Waals surface area (Å²) in [5.41, 5.74) is 1.47. The molecule has 0 radical (unpaired) electrons. The van der Waals surface area contributed by atoms with Crippen molar-refractivity contribution in [3.05, 3.63) is 107 Å². The molecule has 0 bridgehead atoms. The van der Waals surface area contributed by atoms with Crippen LogP contribution in [0, 0.1) is 0 Å². The van der Waals surface area contributed by atoms with Gasteiger partial charge in [0.2, 0.25) is 5.91 Å². The van der Waals surface area contributed by atoms with E-state index in [1.165, 1.54) is 0 Å². The third-order valence-corrected chi connectivity index (χ3v) is 5.41. The molecule has 0 saturated heterocycles. The second kappa shape index (κ2) is 10.4. The molecule has 0 aliphatic carbocycles. The van der Waals surface area contributed by atoms with Crippen molar-refractivity contribution in [1.29, 1.82) is 0 Å². The Labute approximate surface area is 175 Å². The fraction of sp³-hybridized carbons (Fsp3) is 0.167. The van der Waals surface area contributed by atoms with E-state index in [2.05, 4.69) is 11.9 Å². The highest BCUT2D eigenvalue weighted by molar-refractivity contribution is 7.09. The largest absolute Gasteiger partial charge is 0.345 e. The van der Waals surface area contributed by atoms with Gasteiger partial charge in [0, 0.05) is 17.0 Å². The van der Waals surface area contributed by atoms with Crippen LogP contribution in [-0.2, 0) is 11.3 Å². The zero-order valence-corrected chi connectivity index (χ0v) is 17.0. The van der Waals surface area contributed by atoms with E-state index in [-0.39, 0.29) is 18.2 Å². The van der Waals surface area contributed by atoms with Gasteiger partial charge >= 0.3 is 0 Å². The molecule has 3 aromatic rings. The van der Waals surface area contributed by atoms with Gasteiger partial charge in [-0.2, -0.15) is 0 Å². The number of carbonyl (C=O) groups is 2. The number of nitrogens with zero attached hydrogens (tertiary/aromatic N) is 1. The average molecular weight is 405 g/mol. The van der Waals surface area contributed by atoms with Crippen molar-refractivity contribution in [2.24, 2.45) is 0 Å². The Hall–Kier alpha value is -3.18. The molecule has 2 amide bonds. The van der Waals surface area contributed by atoms with E-state index in [9.17, 15) is 9.59 Å². The first-order chi connectivity index (χ1) is 14.2. The molecule has 2 aromatic carbocycles. The Kier molecular flexibility index (Phi) is 7.36. The minimum atomic E-state index is -0.410. The van der Waals surface area contributed by atoms with E-state index in [1.807, 2.05) is 66.0 Å². The molecule has 0 aliphatic rings. The lowest BCUT2D eigenvalue weighted by molar-refractivity contribution is -0.131. The number of hydrogen-bond donors (Lipinski definition) is 1. The second-order valence-electron chi connectivity index (χ2n) is 6.65. The first-order valence-corrected chi connectivity index (χ1v) is 10.4. The molecule has 0 fully saturated rings. The van der Waals surface area contributed by atoms with Crippen molar-refractivity contribution < 1.29 is 9.59 Å². The van der Waals surface area contributed by atoms with Crippen LogP contribution < -0.4 is 5.32 Å². The normalized spacial score (nSPS) is 11.4. The lowest BCUT2D eigenvalue weighted by atomic mass is 10.0. The van der Waals surface area contributed by atoms with Crippen LogP contribution in [0.15, 0.2) is 90.8 Å². The van der Waals surface area contributed by atoms with Crippen molar-refractivity contribution in [1.82, 2.24) is 10.2 Å². The van der Waals surface area contributed by atoms with Crippen molar-refractivity contribution in [2.75, 3.05) is 6.54 Å². The Morgan fingerprint density at radius 3 is 2.31 bits per heavy atom. The SMILES string of the molecule is C=CCN(Cc1cccs1)C(=O)CC(NC(=O)c1ccccc1)c1ccccc1. The quantitative estimate of drug-likeness (QED) is 0.520. The van der Waals surface area contributed by atoms with Gasteiger partial charge in [-0.05, 0) is 29.1 Å². The third-order valence-electron chi connectivity index (χ3n) is 4.55. The molecular formula is C24H24N2O2S. The zero-order valence-electron chi connectivity index (χ0n) is 16.2. The zero-order chi connectivity index (χ0) is 20.5. The van der Waals surface area contributed by atoms with Crippen molar-refractivity contribution in [3.63, 3.8) is 0 Å².